The first-order valence-corrected chi connectivity index (χ1v) is 11.0. The van der Waals surface area contributed by atoms with Gasteiger partial charge in [0.05, 0.1) is 13.0 Å². The summed E-state index contributed by atoms with van der Waals surface area (Å²) in [6.45, 7) is 4.64. The van der Waals surface area contributed by atoms with Gasteiger partial charge in [-0.1, -0.05) is 6.92 Å². The molecule has 1 unspecified atom stereocenters. The number of carbonyl (C=O) groups is 3. The van der Waals surface area contributed by atoms with Crippen LogP contribution in [-0.2, 0) is 9.59 Å². The van der Waals surface area contributed by atoms with Gasteiger partial charge < -0.3 is 10.1 Å². The summed E-state index contributed by atoms with van der Waals surface area (Å²) in [4.78, 5) is 39.5. The van der Waals surface area contributed by atoms with Crippen LogP contribution in [0.1, 0.15) is 37.0 Å². The molecule has 0 spiro atoms. The van der Waals surface area contributed by atoms with Crippen LogP contribution in [0.3, 0.4) is 0 Å². The van der Waals surface area contributed by atoms with Gasteiger partial charge in [0.15, 0.2) is 5.11 Å². The highest BCUT2D eigenvalue weighted by Gasteiger charge is 2.43. The van der Waals surface area contributed by atoms with Crippen molar-refractivity contribution < 1.29 is 23.5 Å². The zero-order chi connectivity index (χ0) is 24.0. The Morgan fingerprint density at radius 1 is 1.09 bits per heavy atom. The third-order valence-electron chi connectivity index (χ3n) is 4.93. The number of hydrogen-bond donors (Lipinski definition) is 2. The van der Waals surface area contributed by atoms with E-state index >= 15 is 0 Å². The van der Waals surface area contributed by atoms with Gasteiger partial charge in [-0.25, -0.2) is 9.40 Å². The van der Waals surface area contributed by atoms with Gasteiger partial charge in [-0.2, -0.15) is 0 Å². The maximum Gasteiger partial charge on any atom is 0.269 e. The number of hydrogen-bond acceptors (Lipinski definition) is 5. The lowest BCUT2D eigenvalue weighted by molar-refractivity contribution is -0.130. The monoisotopic (exact) mass is 472 g/mol. The summed E-state index contributed by atoms with van der Waals surface area (Å²) in [5.41, 5.74) is 3.31. The van der Waals surface area contributed by atoms with Gasteiger partial charge in [-0.3, -0.25) is 24.7 Å². The second kappa shape index (κ2) is 10.9. The van der Waals surface area contributed by atoms with Crippen LogP contribution in [-0.4, -0.2) is 51.9 Å². The van der Waals surface area contributed by atoms with Crippen molar-refractivity contribution in [2.24, 2.45) is 0 Å². The molecular weight excluding hydrogens is 447 g/mol. The van der Waals surface area contributed by atoms with Gasteiger partial charge in [0.2, 0.25) is 5.91 Å². The molecular formula is C23H25FN4O4S. The summed E-state index contributed by atoms with van der Waals surface area (Å²) < 4.78 is 18.7. The smallest absolute Gasteiger partial charge is 0.269 e. The number of nitrogens with one attached hydrogen (secondary N) is 2. The van der Waals surface area contributed by atoms with Crippen LogP contribution in [0.25, 0.3) is 0 Å². The molecule has 1 aliphatic rings. The topological polar surface area (TPSA) is 91.0 Å². The van der Waals surface area contributed by atoms with Crippen molar-refractivity contribution in [1.82, 2.24) is 15.3 Å². The molecule has 1 atom stereocenters. The number of halogens is 1. The standard InChI is InChI=1S/C23H25FN4O4S/c1-3-13-32-18-11-9-17(10-12-18)25-20(29)14-19-22(31)27(4-2)23(33)28(19)26-21(30)15-5-7-16(24)8-6-15/h5-12,19H,3-4,13-14H2,1-2H3,(H,25,29)(H,26,30). The summed E-state index contributed by atoms with van der Waals surface area (Å²) >= 11 is 5.35. The van der Waals surface area contributed by atoms with Gasteiger partial charge in [0, 0.05) is 17.8 Å². The highest BCUT2D eigenvalue weighted by atomic mass is 32.1. The molecule has 0 aliphatic carbocycles. The number of thiocarbonyl (C=S) groups is 1. The molecule has 0 radical (unpaired) electrons. The first-order chi connectivity index (χ1) is 15.8. The summed E-state index contributed by atoms with van der Waals surface area (Å²) in [6, 6.07) is 10.8. The fraction of sp³-hybridized carbons (Fsp3) is 0.304. The van der Waals surface area contributed by atoms with Crippen LogP contribution in [0.5, 0.6) is 5.75 Å². The predicted molar refractivity (Wildman–Crippen MR) is 125 cm³/mol. The Morgan fingerprint density at radius 3 is 2.36 bits per heavy atom. The van der Waals surface area contributed by atoms with E-state index in [9.17, 15) is 18.8 Å². The van der Waals surface area contributed by atoms with Crippen LogP contribution in [0.4, 0.5) is 10.1 Å². The first-order valence-electron chi connectivity index (χ1n) is 10.6. The van der Waals surface area contributed by atoms with Crippen molar-refractivity contribution in [3.05, 3.63) is 59.9 Å². The second-order valence-corrected chi connectivity index (χ2v) is 7.69. The van der Waals surface area contributed by atoms with E-state index < -0.39 is 23.7 Å². The molecule has 174 valence electrons. The average molecular weight is 473 g/mol. The van der Waals surface area contributed by atoms with E-state index in [4.69, 9.17) is 17.0 Å². The quantitative estimate of drug-likeness (QED) is 0.545. The van der Waals surface area contributed by atoms with E-state index in [1.54, 1.807) is 31.2 Å². The van der Waals surface area contributed by atoms with Crippen molar-refractivity contribution in [1.29, 1.82) is 0 Å². The molecule has 1 aliphatic heterocycles. The van der Waals surface area contributed by atoms with Gasteiger partial charge in [-0.05, 0) is 74.1 Å². The third-order valence-corrected chi connectivity index (χ3v) is 5.35. The van der Waals surface area contributed by atoms with E-state index in [2.05, 4.69) is 10.7 Å². The molecule has 2 aromatic carbocycles. The Bertz CT molecular complexity index is 1030. The highest BCUT2D eigenvalue weighted by molar-refractivity contribution is 7.80. The molecule has 8 nitrogen and oxygen atoms in total. The van der Waals surface area contributed by atoms with E-state index in [0.29, 0.717) is 18.0 Å². The number of carbonyl (C=O) groups excluding carboxylic acids is 3. The maximum absolute atomic E-state index is 13.2. The van der Waals surface area contributed by atoms with Gasteiger partial charge in [0.1, 0.15) is 17.6 Å². The largest absolute Gasteiger partial charge is 0.494 e. The Morgan fingerprint density at radius 2 is 1.76 bits per heavy atom. The number of nitrogens with zero attached hydrogens (tertiary/aromatic N) is 2. The van der Waals surface area contributed by atoms with Gasteiger partial charge >= 0.3 is 0 Å². The Kier molecular flexibility index (Phi) is 7.94. The zero-order valence-electron chi connectivity index (χ0n) is 18.3. The van der Waals surface area contributed by atoms with E-state index in [-0.39, 0.29) is 29.5 Å². The van der Waals surface area contributed by atoms with E-state index in [0.717, 1.165) is 18.6 Å². The van der Waals surface area contributed by atoms with Crippen molar-refractivity contribution in [2.45, 2.75) is 32.7 Å². The number of benzene rings is 2. The molecule has 3 rings (SSSR count). The molecule has 1 heterocycles. The van der Waals surface area contributed by atoms with Crippen LogP contribution < -0.4 is 15.5 Å². The highest BCUT2D eigenvalue weighted by Crippen LogP contribution is 2.21. The molecule has 10 heteroatoms. The average Bonchev–Trinajstić information content (AvgIpc) is 3.02. The molecule has 2 N–H and O–H groups in total. The lowest BCUT2D eigenvalue weighted by atomic mass is 10.1. The molecule has 3 amide bonds. The predicted octanol–water partition coefficient (Wildman–Crippen LogP) is 3.11. The first kappa shape index (κ1) is 24.1. The van der Waals surface area contributed by atoms with Crippen LogP contribution in [0, 0.1) is 5.82 Å². The SMILES string of the molecule is CCCOc1ccc(NC(=O)CC2C(=O)N(CC)C(=S)N2NC(=O)c2ccc(F)cc2)cc1. The summed E-state index contributed by atoms with van der Waals surface area (Å²) in [5.74, 6) is -1.16. The molecule has 0 bridgehead atoms. The zero-order valence-corrected chi connectivity index (χ0v) is 19.2. The summed E-state index contributed by atoms with van der Waals surface area (Å²) in [7, 11) is 0. The van der Waals surface area contributed by atoms with Crippen molar-refractivity contribution in [3.8, 4) is 5.75 Å². The number of rotatable bonds is 9. The Labute approximate surface area is 196 Å². The molecule has 0 aromatic heterocycles. The second-order valence-electron chi connectivity index (χ2n) is 7.32. The van der Waals surface area contributed by atoms with Crippen molar-refractivity contribution in [3.63, 3.8) is 0 Å². The van der Waals surface area contributed by atoms with Gasteiger partial charge in [-0.15, -0.1) is 0 Å². The number of ether oxygens (including phenoxy) is 1. The molecule has 1 fully saturated rings. The molecule has 0 saturated carbocycles. The summed E-state index contributed by atoms with van der Waals surface area (Å²) in [5, 5.41) is 4.05. The number of amides is 3. The van der Waals surface area contributed by atoms with E-state index in [1.165, 1.54) is 22.0 Å². The minimum absolute atomic E-state index is 0.0909. The lowest BCUT2D eigenvalue weighted by Crippen LogP contribution is -2.49. The summed E-state index contributed by atoms with van der Waals surface area (Å²) in [6.07, 6.45) is 0.659. The fourth-order valence-corrected chi connectivity index (χ4v) is 3.65. The molecule has 1 saturated heterocycles. The van der Waals surface area contributed by atoms with Crippen LogP contribution in [0.2, 0.25) is 0 Å². The number of likely N-dealkylation sites (N-methyl/N-ethyl adjacent to an activating group) is 1. The Balaban J connectivity index is 1.69. The number of hydrazine groups is 1. The fourth-order valence-electron chi connectivity index (χ4n) is 3.26. The third kappa shape index (κ3) is 5.83. The lowest BCUT2D eigenvalue weighted by Gasteiger charge is -2.24. The van der Waals surface area contributed by atoms with Crippen molar-refractivity contribution in [2.75, 3.05) is 18.5 Å². The minimum Gasteiger partial charge on any atom is -0.494 e. The normalized spacial score (nSPS) is 15.5. The van der Waals surface area contributed by atoms with E-state index in [1.807, 2.05) is 6.92 Å². The van der Waals surface area contributed by atoms with Crippen LogP contribution in [0.15, 0.2) is 48.5 Å². The number of anilines is 1. The molecule has 2 aromatic rings. The van der Waals surface area contributed by atoms with Crippen LogP contribution >= 0.6 is 12.2 Å². The van der Waals surface area contributed by atoms with Gasteiger partial charge in [0.25, 0.3) is 11.8 Å². The molecule has 33 heavy (non-hydrogen) atoms. The van der Waals surface area contributed by atoms with Crippen molar-refractivity contribution >= 4 is 40.7 Å². The maximum atomic E-state index is 13.2. The minimum atomic E-state index is -1.01. The Hall–Kier alpha value is -3.53.